The van der Waals surface area contributed by atoms with E-state index in [0.717, 1.165) is 25.9 Å². The number of hydrogen-bond donors (Lipinski definition) is 1. The largest absolute Gasteiger partial charge is 0.490 e. The van der Waals surface area contributed by atoms with Gasteiger partial charge in [0, 0.05) is 47.8 Å². The van der Waals surface area contributed by atoms with Gasteiger partial charge in [0.1, 0.15) is 29.3 Å². The molecule has 1 aliphatic heterocycles. The summed E-state index contributed by atoms with van der Waals surface area (Å²) in [5.41, 5.74) is 1.18. The van der Waals surface area contributed by atoms with E-state index in [2.05, 4.69) is 5.32 Å². The summed E-state index contributed by atoms with van der Waals surface area (Å²) in [5.74, 6) is 0.508. The number of halogens is 1. The van der Waals surface area contributed by atoms with Crippen LogP contribution in [0, 0.1) is 0 Å². The molecule has 1 N–H and O–H groups in total. The number of para-hydroxylation sites is 1. The standard InChI is InChI=1S/C29H34ClN3O5/c1-19(2)33(22-9-6-12-31-17-22)29(35)24-16-27(37-14-13-36-3)23-10-5-11-26(28(23)32-24)38-18-25(34)20-7-4-8-21(30)15-20/h4-5,7-8,10-11,15-16,19,22,31H,6,9,12-14,17-18H2,1-3H3/t22-/m1/s1. The Labute approximate surface area is 228 Å². The first-order chi connectivity index (χ1) is 18.4. The smallest absolute Gasteiger partial charge is 0.273 e. The van der Waals surface area contributed by atoms with Crippen LogP contribution in [0.25, 0.3) is 10.9 Å². The highest BCUT2D eigenvalue weighted by Gasteiger charge is 2.30. The first-order valence-electron chi connectivity index (χ1n) is 12.9. The summed E-state index contributed by atoms with van der Waals surface area (Å²) >= 11 is 6.04. The normalized spacial score (nSPS) is 15.4. The minimum atomic E-state index is -0.218. The van der Waals surface area contributed by atoms with Gasteiger partial charge in [0.05, 0.1) is 6.61 Å². The molecule has 0 bridgehead atoms. The molecule has 38 heavy (non-hydrogen) atoms. The Balaban J connectivity index is 1.69. The molecule has 8 nitrogen and oxygen atoms in total. The maximum Gasteiger partial charge on any atom is 0.273 e. The molecule has 1 fully saturated rings. The van der Waals surface area contributed by atoms with Crippen LogP contribution in [0.5, 0.6) is 11.5 Å². The Morgan fingerprint density at radius 3 is 2.63 bits per heavy atom. The number of carbonyl (C=O) groups is 2. The second-order valence-corrected chi connectivity index (χ2v) is 9.96. The highest BCUT2D eigenvalue weighted by atomic mass is 35.5. The summed E-state index contributed by atoms with van der Waals surface area (Å²) < 4.78 is 17.1. The van der Waals surface area contributed by atoms with Gasteiger partial charge in [-0.25, -0.2) is 4.98 Å². The summed E-state index contributed by atoms with van der Waals surface area (Å²) in [6.45, 7) is 6.22. The first kappa shape index (κ1) is 27.8. The van der Waals surface area contributed by atoms with Crippen molar-refractivity contribution < 1.29 is 23.8 Å². The van der Waals surface area contributed by atoms with Crippen molar-refractivity contribution in [3.8, 4) is 11.5 Å². The van der Waals surface area contributed by atoms with Crippen molar-refractivity contribution in [1.82, 2.24) is 15.2 Å². The number of aromatic nitrogens is 1. The average Bonchev–Trinajstić information content (AvgIpc) is 2.92. The third kappa shape index (κ3) is 6.62. The van der Waals surface area contributed by atoms with Crippen molar-refractivity contribution in [3.63, 3.8) is 0 Å². The van der Waals surface area contributed by atoms with E-state index < -0.39 is 0 Å². The molecule has 3 aromatic rings. The van der Waals surface area contributed by atoms with Crippen LogP contribution >= 0.6 is 11.6 Å². The topological polar surface area (TPSA) is 90.0 Å². The second kappa shape index (κ2) is 13.0. The van der Waals surface area contributed by atoms with Gasteiger partial charge in [-0.3, -0.25) is 9.59 Å². The molecule has 1 aromatic heterocycles. The Hall–Kier alpha value is -3.20. The number of nitrogens with one attached hydrogen (secondary N) is 1. The molecule has 1 saturated heterocycles. The predicted octanol–water partition coefficient (Wildman–Crippen LogP) is 4.78. The van der Waals surface area contributed by atoms with Gasteiger partial charge in [-0.2, -0.15) is 0 Å². The van der Waals surface area contributed by atoms with Crippen LogP contribution in [-0.4, -0.2) is 73.7 Å². The number of amides is 1. The number of methoxy groups -OCH3 is 1. The van der Waals surface area contributed by atoms with Gasteiger partial charge >= 0.3 is 0 Å². The molecule has 2 heterocycles. The number of ketones is 1. The fourth-order valence-corrected chi connectivity index (χ4v) is 4.88. The van der Waals surface area contributed by atoms with Gasteiger partial charge in [0.25, 0.3) is 5.91 Å². The lowest BCUT2D eigenvalue weighted by Gasteiger charge is -2.37. The maximum absolute atomic E-state index is 13.9. The van der Waals surface area contributed by atoms with E-state index in [9.17, 15) is 9.59 Å². The molecule has 1 atom stereocenters. The summed E-state index contributed by atoms with van der Waals surface area (Å²) in [6, 6.07) is 13.9. The lowest BCUT2D eigenvalue weighted by atomic mass is 10.0. The Morgan fingerprint density at radius 1 is 1.11 bits per heavy atom. The van der Waals surface area contributed by atoms with E-state index >= 15 is 0 Å². The molecule has 4 rings (SSSR count). The molecule has 0 unspecified atom stereocenters. The monoisotopic (exact) mass is 539 g/mol. The van der Waals surface area contributed by atoms with Gasteiger partial charge in [0.2, 0.25) is 0 Å². The molecule has 1 aliphatic rings. The lowest BCUT2D eigenvalue weighted by molar-refractivity contribution is 0.0567. The van der Waals surface area contributed by atoms with E-state index in [0.29, 0.717) is 46.2 Å². The molecule has 202 valence electrons. The average molecular weight is 540 g/mol. The summed E-state index contributed by atoms with van der Waals surface area (Å²) in [6.07, 6.45) is 1.94. The maximum atomic E-state index is 13.9. The number of ether oxygens (including phenoxy) is 3. The summed E-state index contributed by atoms with van der Waals surface area (Å²) in [4.78, 5) is 33.2. The van der Waals surface area contributed by atoms with E-state index in [4.69, 9.17) is 30.8 Å². The van der Waals surface area contributed by atoms with Crippen LogP contribution in [0.1, 0.15) is 47.5 Å². The molecule has 0 radical (unpaired) electrons. The molecule has 2 aromatic carbocycles. The van der Waals surface area contributed by atoms with Gasteiger partial charge in [-0.15, -0.1) is 0 Å². The predicted molar refractivity (Wildman–Crippen MR) is 148 cm³/mol. The lowest BCUT2D eigenvalue weighted by Crippen LogP contribution is -2.51. The fourth-order valence-electron chi connectivity index (χ4n) is 4.69. The van der Waals surface area contributed by atoms with E-state index in [1.807, 2.05) is 30.9 Å². The first-order valence-corrected chi connectivity index (χ1v) is 13.3. The zero-order chi connectivity index (χ0) is 27.1. The number of Topliss-reactive ketones (excluding diaryl/α,β-unsaturated/α-hetero) is 1. The number of rotatable bonds is 11. The fraction of sp³-hybridized carbons (Fsp3) is 0.414. The minimum absolute atomic E-state index is 0.00966. The third-order valence-corrected chi connectivity index (χ3v) is 6.72. The van der Waals surface area contributed by atoms with Crippen molar-refractivity contribution in [2.75, 3.05) is 40.0 Å². The minimum Gasteiger partial charge on any atom is -0.490 e. The number of pyridine rings is 1. The van der Waals surface area contributed by atoms with Gasteiger partial charge in [0.15, 0.2) is 12.4 Å². The number of carbonyl (C=O) groups excluding carboxylic acids is 2. The highest BCUT2D eigenvalue weighted by molar-refractivity contribution is 6.31. The molecule has 1 amide bonds. The van der Waals surface area contributed by atoms with Crippen LogP contribution in [0.2, 0.25) is 5.02 Å². The van der Waals surface area contributed by atoms with Crippen molar-refractivity contribution >= 4 is 34.2 Å². The Bertz CT molecular complexity index is 1280. The summed E-state index contributed by atoms with van der Waals surface area (Å²) in [7, 11) is 1.60. The zero-order valence-electron chi connectivity index (χ0n) is 22.0. The molecular weight excluding hydrogens is 506 g/mol. The van der Waals surface area contributed by atoms with E-state index in [-0.39, 0.29) is 36.1 Å². The van der Waals surface area contributed by atoms with Crippen molar-refractivity contribution in [2.45, 2.75) is 38.8 Å². The molecule has 0 saturated carbocycles. The van der Waals surface area contributed by atoms with Gasteiger partial charge in [-0.05, 0) is 57.5 Å². The van der Waals surface area contributed by atoms with Crippen LogP contribution in [0.3, 0.4) is 0 Å². The number of hydrogen-bond acceptors (Lipinski definition) is 7. The van der Waals surface area contributed by atoms with Gasteiger partial charge < -0.3 is 24.4 Å². The highest BCUT2D eigenvalue weighted by Crippen LogP contribution is 2.33. The van der Waals surface area contributed by atoms with Crippen molar-refractivity contribution in [3.05, 3.63) is 64.8 Å². The molecular formula is C29H34ClN3O5. The van der Waals surface area contributed by atoms with E-state index in [1.54, 1.807) is 43.5 Å². The van der Waals surface area contributed by atoms with Crippen LogP contribution < -0.4 is 14.8 Å². The summed E-state index contributed by atoms with van der Waals surface area (Å²) in [5, 5.41) is 4.55. The molecule has 0 spiro atoms. The Morgan fingerprint density at radius 2 is 1.92 bits per heavy atom. The van der Waals surface area contributed by atoms with Crippen molar-refractivity contribution in [1.29, 1.82) is 0 Å². The number of nitrogens with zero attached hydrogens (tertiary/aromatic N) is 2. The van der Waals surface area contributed by atoms with Crippen LogP contribution in [-0.2, 0) is 4.74 Å². The number of benzene rings is 2. The second-order valence-electron chi connectivity index (χ2n) is 9.53. The van der Waals surface area contributed by atoms with E-state index in [1.165, 1.54) is 0 Å². The quantitative estimate of drug-likeness (QED) is 0.277. The number of fused-ring (bicyclic) bond motifs is 1. The van der Waals surface area contributed by atoms with Gasteiger partial charge in [-0.1, -0.05) is 29.8 Å². The van der Waals surface area contributed by atoms with Crippen LogP contribution in [0.15, 0.2) is 48.5 Å². The Kier molecular flexibility index (Phi) is 9.55. The third-order valence-electron chi connectivity index (χ3n) is 6.49. The molecule has 0 aliphatic carbocycles. The SMILES string of the molecule is COCCOc1cc(C(=O)N(C(C)C)[C@@H]2CCCNC2)nc2c(OCC(=O)c3cccc(Cl)c3)cccc12. The van der Waals surface area contributed by atoms with Crippen LogP contribution in [0.4, 0.5) is 0 Å². The number of piperidine rings is 1. The zero-order valence-corrected chi connectivity index (χ0v) is 22.8. The van der Waals surface area contributed by atoms with Crippen molar-refractivity contribution in [2.24, 2.45) is 0 Å². The molecule has 9 heteroatoms.